The van der Waals surface area contributed by atoms with E-state index in [9.17, 15) is 9.90 Å². The minimum atomic E-state index is -1.12. The Bertz CT molecular complexity index is 1150. The van der Waals surface area contributed by atoms with Crippen LogP contribution in [0.4, 0.5) is 0 Å². The van der Waals surface area contributed by atoms with Crippen LogP contribution in [0.25, 0.3) is 11.1 Å². The second-order valence-electron chi connectivity index (χ2n) is 9.80. The number of aromatic amines is 1. The zero-order chi connectivity index (χ0) is 29.3. The molecule has 1 amide bonds. The molecule has 0 spiro atoms. The zero-order valence-electron chi connectivity index (χ0n) is 23.8. The molecule has 0 bridgehead atoms. The van der Waals surface area contributed by atoms with Crippen molar-refractivity contribution >= 4 is 12.4 Å². The fourth-order valence-corrected chi connectivity index (χ4v) is 4.71. The summed E-state index contributed by atoms with van der Waals surface area (Å²) in [5.41, 5.74) is 3.06. The third kappa shape index (κ3) is 10.00. The van der Waals surface area contributed by atoms with E-state index < -0.39 is 6.23 Å². The van der Waals surface area contributed by atoms with E-state index in [2.05, 4.69) is 22.0 Å². The van der Waals surface area contributed by atoms with Gasteiger partial charge in [0.1, 0.15) is 5.75 Å². The molecule has 10 heteroatoms. The Morgan fingerprint density at radius 2 is 1.83 bits per heavy atom. The van der Waals surface area contributed by atoms with Crippen LogP contribution in [0.3, 0.4) is 0 Å². The number of carbonyl (C=O) groups excluding carboxylic acids is 1. The van der Waals surface area contributed by atoms with E-state index in [4.69, 9.17) is 19.4 Å². The molecule has 1 atom stereocenters. The van der Waals surface area contributed by atoms with Crippen LogP contribution >= 0.6 is 0 Å². The Hall–Kier alpha value is -3.73. The number of aliphatic hydroxyl groups is 1. The number of H-pyrrole nitrogens is 1. The number of rotatable bonds is 14. The minimum absolute atomic E-state index is 0.212. The second-order valence-corrected chi connectivity index (χ2v) is 9.80. The van der Waals surface area contributed by atoms with Crippen molar-refractivity contribution in [2.75, 3.05) is 46.0 Å². The Morgan fingerprint density at radius 1 is 1.10 bits per heavy atom. The van der Waals surface area contributed by atoms with Crippen molar-refractivity contribution in [3.05, 3.63) is 72.1 Å². The number of nitrogens with one attached hydrogen (secondary N) is 1. The normalized spacial score (nSPS) is 14.0. The number of nitrogens with zero attached hydrogens (tertiary/aromatic N) is 3. The molecular weight excluding hydrogens is 524 g/mol. The summed E-state index contributed by atoms with van der Waals surface area (Å²) in [6.45, 7) is 7.03. The lowest BCUT2D eigenvalue weighted by atomic mass is 10.1. The number of hydrogen-bond acceptors (Lipinski definition) is 7. The van der Waals surface area contributed by atoms with Gasteiger partial charge in [-0.3, -0.25) is 19.6 Å². The van der Waals surface area contributed by atoms with Gasteiger partial charge in [0, 0.05) is 49.1 Å². The maximum atomic E-state index is 13.8. The van der Waals surface area contributed by atoms with Gasteiger partial charge in [-0.05, 0) is 36.6 Å². The molecular formula is C31H42N4O6. The van der Waals surface area contributed by atoms with Crippen molar-refractivity contribution in [2.45, 2.75) is 45.3 Å². The van der Waals surface area contributed by atoms with E-state index in [-0.39, 0.29) is 12.4 Å². The number of benzene rings is 2. The molecule has 2 aromatic carbocycles. The van der Waals surface area contributed by atoms with Gasteiger partial charge in [0.25, 0.3) is 12.4 Å². The molecule has 1 aliphatic rings. The van der Waals surface area contributed by atoms with Crippen molar-refractivity contribution in [3.8, 4) is 16.9 Å². The molecule has 1 unspecified atom stereocenters. The van der Waals surface area contributed by atoms with E-state index in [1.165, 1.54) is 12.8 Å². The molecule has 3 aromatic rings. The van der Waals surface area contributed by atoms with Crippen LogP contribution in [0, 0.1) is 0 Å². The molecule has 0 saturated carbocycles. The summed E-state index contributed by atoms with van der Waals surface area (Å²) in [7, 11) is 0. The Balaban J connectivity index is 0.00000147. The quantitative estimate of drug-likeness (QED) is 0.147. The number of aromatic nitrogens is 2. The van der Waals surface area contributed by atoms with Gasteiger partial charge >= 0.3 is 0 Å². The highest BCUT2D eigenvalue weighted by molar-refractivity contribution is 5.95. The zero-order valence-corrected chi connectivity index (χ0v) is 23.8. The summed E-state index contributed by atoms with van der Waals surface area (Å²) < 4.78 is 11.5. The number of para-hydroxylation sites is 1. The summed E-state index contributed by atoms with van der Waals surface area (Å²) in [5, 5.41) is 25.3. The van der Waals surface area contributed by atoms with Crippen molar-refractivity contribution in [1.29, 1.82) is 0 Å². The van der Waals surface area contributed by atoms with Crippen molar-refractivity contribution in [1.82, 2.24) is 20.0 Å². The largest absolute Gasteiger partial charge is 0.493 e. The van der Waals surface area contributed by atoms with Crippen molar-refractivity contribution in [2.24, 2.45) is 0 Å². The number of carboxylic acid groups (broad SMARTS) is 1. The van der Waals surface area contributed by atoms with Crippen LogP contribution in [-0.2, 0) is 9.53 Å². The monoisotopic (exact) mass is 566 g/mol. The molecule has 1 aromatic heterocycles. The molecule has 4 rings (SSSR count). The van der Waals surface area contributed by atoms with Crippen LogP contribution in [0.15, 0.2) is 60.9 Å². The van der Waals surface area contributed by atoms with Gasteiger partial charge in [-0.25, -0.2) is 0 Å². The highest BCUT2D eigenvalue weighted by Gasteiger charge is 2.27. The van der Waals surface area contributed by atoms with Crippen LogP contribution in [0.1, 0.15) is 61.2 Å². The smallest absolute Gasteiger partial charge is 0.290 e. The van der Waals surface area contributed by atoms with Gasteiger partial charge in [0.05, 0.1) is 26.0 Å². The van der Waals surface area contributed by atoms with Gasteiger partial charge < -0.3 is 24.6 Å². The van der Waals surface area contributed by atoms with E-state index in [0.29, 0.717) is 30.0 Å². The van der Waals surface area contributed by atoms with Crippen LogP contribution in [0.5, 0.6) is 5.75 Å². The Kier molecular flexibility index (Phi) is 13.8. The van der Waals surface area contributed by atoms with E-state index in [0.717, 1.165) is 63.2 Å². The predicted molar refractivity (Wildman–Crippen MR) is 157 cm³/mol. The van der Waals surface area contributed by atoms with Crippen LogP contribution in [0.2, 0.25) is 0 Å². The van der Waals surface area contributed by atoms with Gasteiger partial charge in [-0.1, -0.05) is 56.5 Å². The number of ether oxygens (including phenoxy) is 2. The van der Waals surface area contributed by atoms with Gasteiger partial charge in [-0.15, -0.1) is 0 Å². The summed E-state index contributed by atoms with van der Waals surface area (Å²) in [6, 6.07) is 14.9. The summed E-state index contributed by atoms with van der Waals surface area (Å²) in [5.74, 6) is 0.411. The lowest BCUT2D eigenvalue weighted by Gasteiger charge is -2.31. The van der Waals surface area contributed by atoms with Crippen molar-refractivity contribution in [3.63, 3.8) is 0 Å². The molecule has 10 nitrogen and oxygen atoms in total. The van der Waals surface area contributed by atoms with Gasteiger partial charge in [0.2, 0.25) is 0 Å². The molecule has 222 valence electrons. The predicted octanol–water partition coefficient (Wildman–Crippen LogP) is 4.59. The Morgan fingerprint density at radius 3 is 2.51 bits per heavy atom. The fraction of sp³-hybridized carbons (Fsp3) is 0.452. The van der Waals surface area contributed by atoms with Crippen LogP contribution < -0.4 is 4.74 Å². The van der Waals surface area contributed by atoms with E-state index >= 15 is 0 Å². The third-order valence-corrected chi connectivity index (χ3v) is 6.95. The first-order valence-electron chi connectivity index (χ1n) is 14.3. The third-order valence-electron chi connectivity index (χ3n) is 6.95. The lowest BCUT2D eigenvalue weighted by molar-refractivity contribution is -0.122. The minimum Gasteiger partial charge on any atom is -0.493 e. The fourth-order valence-electron chi connectivity index (χ4n) is 4.71. The number of hydrogen-bond donors (Lipinski definition) is 3. The first kappa shape index (κ1) is 31.8. The number of morpholine rings is 1. The Labute approximate surface area is 241 Å². The number of amides is 1. The molecule has 41 heavy (non-hydrogen) atoms. The molecule has 1 saturated heterocycles. The van der Waals surface area contributed by atoms with Gasteiger partial charge in [-0.2, -0.15) is 5.10 Å². The maximum absolute atomic E-state index is 13.8. The topological polar surface area (TPSA) is 128 Å². The average molecular weight is 567 g/mol. The van der Waals surface area contributed by atoms with Gasteiger partial charge in [0.15, 0.2) is 6.23 Å². The summed E-state index contributed by atoms with van der Waals surface area (Å²) in [4.78, 5) is 26.0. The average Bonchev–Trinajstić information content (AvgIpc) is 3.55. The second kappa shape index (κ2) is 17.9. The van der Waals surface area contributed by atoms with E-state index in [1.807, 2.05) is 54.7 Å². The summed E-state index contributed by atoms with van der Waals surface area (Å²) in [6.07, 6.45) is 7.61. The lowest BCUT2D eigenvalue weighted by Crippen LogP contribution is -2.40. The van der Waals surface area contributed by atoms with Crippen LogP contribution in [-0.4, -0.2) is 88.6 Å². The molecule has 0 aliphatic carbocycles. The van der Waals surface area contributed by atoms with Crippen molar-refractivity contribution < 1.29 is 29.3 Å². The highest BCUT2D eigenvalue weighted by Crippen LogP contribution is 2.30. The number of unbranched alkanes of at least 4 members (excludes halogenated alkanes) is 3. The first-order chi connectivity index (χ1) is 20.1. The SMILES string of the molecule is CCCCCCOc1ccccc1C(O)N(CCCN1CCOCC1)C(=O)c1ccc(-c2cn[nH]c2)cc1.O=CO. The molecule has 2 heterocycles. The molecule has 3 N–H and O–H groups in total. The molecule has 1 fully saturated rings. The number of carbonyl (C=O) groups is 2. The summed E-state index contributed by atoms with van der Waals surface area (Å²) >= 11 is 0. The standard InChI is InChI=1S/C30H40N4O4.CH2O2/c1-2-3-4-7-19-38-28-10-6-5-9-27(28)30(36)34(16-8-15-33-17-20-37-21-18-33)29(35)25-13-11-24(12-14-25)26-22-31-32-23-26;2-1-3/h5-6,9-14,22-23,30,36H,2-4,7-8,15-21H2,1H3,(H,31,32);1H,(H,2,3). The highest BCUT2D eigenvalue weighted by atomic mass is 16.5. The van der Waals surface area contributed by atoms with E-state index in [1.54, 1.807) is 11.1 Å². The molecule has 1 aliphatic heterocycles. The molecule has 0 radical (unpaired) electrons. The first-order valence-corrected chi connectivity index (χ1v) is 14.3. The maximum Gasteiger partial charge on any atom is 0.290 e. The number of aliphatic hydroxyl groups excluding tert-OH is 1.